The maximum atomic E-state index is 16.5. The summed E-state index contributed by atoms with van der Waals surface area (Å²) in [6.07, 6.45) is 3.41. The lowest BCUT2D eigenvalue weighted by Gasteiger charge is -2.43. The second-order valence-electron chi connectivity index (χ2n) is 21.5. The van der Waals surface area contributed by atoms with E-state index in [1.165, 1.54) is 27.8 Å². The number of nitrogens with one attached hydrogen (secondary N) is 2. The van der Waals surface area contributed by atoms with Crippen LogP contribution in [0.1, 0.15) is 104 Å². The minimum atomic E-state index is -1.55. The Labute approximate surface area is 447 Å². The number of hydrogen-bond donors (Lipinski definition) is 5. The molecule has 0 spiro atoms. The molecule has 0 radical (unpaired) electrons. The van der Waals surface area contributed by atoms with Crippen LogP contribution in [0.3, 0.4) is 0 Å². The fourth-order valence-electron chi connectivity index (χ4n) is 12.8. The summed E-state index contributed by atoms with van der Waals surface area (Å²) in [5.41, 5.74) is 3.46. The Morgan fingerprint density at radius 2 is 1.66 bits per heavy atom. The third-order valence-electron chi connectivity index (χ3n) is 16.9. The molecule has 16 nitrogen and oxygen atoms in total. The van der Waals surface area contributed by atoms with Gasteiger partial charge >= 0.3 is 6.03 Å². The van der Waals surface area contributed by atoms with Crippen molar-refractivity contribution < 1.29 is 56.4 Å². The molecule has 4 fully saturated rings. The van der Waals surface area contributed by atoms with Crippen LogP contribution in [0, 0.1) is 35.1 Å². The molecule has 6 N–H and O–H groups in total. The summed E-state index contributed by atoms with van der Waals surface area (Å²) >= 11 is 6.71. The highest BCUT2D eigenvalue weighted by Gasteiger charge is 2.51. The molecule has 5 aromatic rings. The molecule has 4 unspecified atom stereocenters. The number of aliphatic hydroxyl groups excluding tert-OH is 1. The van der Waals surface area contributed by atoms with Gasteiger partial charge < -0.3 is 40.5 Å². The standard InChI is InChI=1S/C56H63ClF4N8O8/c1-30-27-67(19-15-35(30)44-38(58)25-37-50(49(44)61)66(3)65-52(37)69-22-16-42(71)64-54(69)74)28-32-13-20-68(21-14-32)53(73)55(75)17-11-34(12-18-55)63-29-56(33-7-5-4-6-8-33)31(2)43-41(77-56)26-39(59)47(57)46(43)45-36(51(62)72)9-10-40(48(45)60)76-24-23-70/h4-10,25-26,30-32,34-35,63,70,75H,11-24,27-29H2,1-3H3,(H2,62,72)(H,64,71,74). The number of aliphatic hydroxyl groups is 2. The van der Waals surface area contributed by atoms with Crippen LogP contribution in [0.25, 0.3) is 22.0 Å². The van der Waals surface area contributed by atoms with E-state index in [0.717, 1.165) is 31.0 Å². The number of nitrogens with two attached hydrogens (primary N) is 1. The van der Waals surface area contributed by atoms with Crippen LogP contribution in [0.4, 0.5) is 28.2 Å². The number of piperidine rings is 2. The van der Waals surface area contributed by atoms with Gasteiger partial charge in [-0.25, -0.2) is 22.4 Å². The van der Waals surface area contributed by atoms with Crippen molar-refractivity contribution in [3.63, 3.8) is 0 Å². The number of hydrogen-bond acceptors (Lipinski definition) is 11. The van der Waals surface area contributed by atoms with Gasteiger partial charge in [0.25, 0.3) is 5.91 Å². The number of aromatic nitrogens is 2. The van der Waals surface area contributed by atoms with Crippen LogP contribution in [-0.4, -0.2) is 124 Å². The van der Waals surface area contributed by atoms with E-state index in [4.69, 9.17) is 26.8 Å². The number of benzene rings is 4. The fourth-order valence-corrected chi connectivity index (χ4v) is 13.0. The summed E-state index contributed by atoms with van der Waals surface area (Å²) in [6.45, 7) is 6.43. The number of anilines is 1. The third-order valence-corrected chi connectivity index (χ3v) is 17.2. The largest absolute Gasteiger partial charge is 0.488 e. The third kappa shape index (κ3) is 9.89. The first-order chi connectivity index (χ1) is 36.8. The van der Waals surface area contributed by atoms with Gasteiger partial charge in [0.05, 0.1) is 22.6 Å². The van der Waals surface area contributed by atoms with Crippen LogP contribution in [-0.2, 0) is 22.2 Å². The summed E-state index contributed by atoms with van der Waals surface area (Å²) in [6, 6.07) is 13.3. The van der Waals surface area contributed by atoms with Crippen LogP contribution in [0.15, 0.2) is 54.6 Å². The molecule has 77 heavy (non-hydrogen) atoms. The van der Waals surface area contributed by atoms with Gasteiger partial charge in [-0.2, -0.15) is 5.10 Å². The minimum absolute atomic E-state index is 0.0102. The van der Waals surface area contributed by atoms with Gasteiger partial charge in [-0.1, -0.05) is 55.8 Å². The number of carbonyl (C=O) groups is 4. The summed E-state index contributed by atoms with van der Waals surface area (Å²) in [4.78, 5) is 56.6. The molecule has 1 saturated carbocycles. The summed E-state index contributed by atoms with van der Waals surface area (Å²) < 4.78 is 78.4. The second kappa shape index (κ2) is 21.5. The number of urea groups is 1. The zero-order chi connectivity index (χ0) is 54.7. The van der Waals surface area contributed by atoms with Crippen molar-refractivity contribution in [2.45, 2.75) is 94.3 Å². The predicted molar refractivity (Wildman–Crippen MR) is 279 cm³/mol. The van der Waals surface area contributed by atoms with Gasteiger partial charge in [-0.15, -0.1) is 0 Å². The molecule has 5 aliphatic rings. The van der Waals surface area contributed by atoms with E-state index < -0.39 is 75.8 Å². The first kappa shape index (κ1) is 54.1. The highest BCUT2D eigenvalue weighted by molar-refractivity contribution is 6.34. The van der Waals surface area contributed by atoms with Crippen LogP contribution < -0.4 is 30.7 Å². The summed E-state index contributed by atoms with van der Waals surface area (Å²) in [5, 5.41) is 31.2. The molecule has 1 aliphatic carbocycles. The Morgan fingerprint density at radius 3 is 2.34 bits per heavy atom. The highest BCUT2D eigenvalue weighted by atomic mass is 35.5. The average Bonchev–Trinajstić information content (AvgIpc) is 3.88. The predicted octanol–water partition coefficient (Wildman–Crippen LogP) is 7.39. The molecular formula is C56H63ClF4N8O8. The van der Waals surface area contributed by atoms with Crippen molar-refractivity contribution in [2.24, 2.45) is 24.6 Å². The number of fused-ring (bicyclic) bond motifs is 2. The zero-order valence-electron chi connectivity index (χ0n) is 43.2. The Bertz CT molecular complexity index is 3130. The molecule has 4 aliphatic heterocycles. The van der Waals surface area contributed by atoms with Gasteiger partial charge in [0.2, 0.25) is 11.8 Å². The molecule has 1 aromatic heterocycles. The van der Waals surface area contributed by atoms with E-state index in [1.54, 1.807) is 11.9 Å². The molecule has 0 bridgehead atoms. The van der Waals surface area contributed by atoms with Crippen LogP contribution in [0.5, 0.6) is 11.5 Å². The first-order valence-electron chi connectivity index (χ1n) is 26.4. The second-order valence-corrected chi connectivity index (χ2v) is 21.9. The smallest absolute Gasteiger partial charge is 0.329 e. The van der Waals surface area contributed by atoms with E-state index >= 15 is 17.6 Å². The van der Waals surface area contributed by atoms with Crippen LogP contribution in [0.2, 0.25) is 5.02 Å². The molecule has 5 amide bonds. The topological polar surface area (TPSA) is 205 Å². The number of amides is 5. The van der Waals surface area contributed by atoms with Gasteiger partial charge in [-0.3, -0.25) is 29.3 Å². The number of nitrogens with zero attached hydrogens (tertiary/aromatic N) is 5. The maximum Gasteiger partial charge on any atom is 0.329 e. The number of likely N-dealkylation sites (tertiary alicyclic amines) is 2. The van der Waals surface area contributed by atoms with Gasteiger partial charge in [-0.05, 0) is 93.0 Å². The lowest BCUT2D eigenvalue weighted by Crippen LogP contribution is -2.55. The Hall–Kier alpha value is -6.32. The molecule has 3 saturated heterocycles. The van der Waals surface area contributed by atoms with E-state index in [0.29, 0.717) is 51.0 Å². The number of ether oxygens (including phenoxy) is 2. The number of halogens is 5. The highest BCUT2D eigenvalue weighted by Crippen LogP contribution is 2.57. The van der Waals surface area contributed by atoms with Gasteiger partial charge in [0, 0.05) is 93.0 Å². The molecule has 5 heterocycles. The van der Waals surface area contributed by atoms with Crippen molar-refractivity contribution in [3.05, 3.63) is 105 Å². The minimum Gasteiger partial charge on any atom is -0.488 e. The molecule has 4 atom stereocenters. The summed E-state index contributed by atoms with van der Waals surface area (Å²) in [7, 11) is 1.55. The van der Waals surface area contributed by atoms with Gasteiger partial charge in [0.1, 0.15) is 35.1 Å². The van der Waals surface area contributed by atoms with Crippen molar-refractivity contribution in [2.75, 3.05) is 63.9 Å². The lowest BCUT2D eigenvalue weighted by molar-refractivity contribution is -0.156. The summed E-state index contributed by atoms with van der Waals surface area (Å²) in [5.74, 6) is -5.95. The first-order valence-corrected chi connectivity index (χ1v) is 26.8. The number of aryl methyl sites for hydroxylation is 1. The number of carbonyl (C=O) groups excluding carboxylic acids is 4. The van der Waals surface area contributed by atoms with E-state index in [9.17, 15) is 29.4 Å². The SMILES string of the molecule is CC1CN(CC2CCN(C(=O)C3(O)CCC(NCC4(c5ccccc5)Oc5cc(F)c(Cl)c(-c6c(C(N)=O)ccc(OCCO)c6F)c5C4C)CC3)CC2)CCC1c1c(F)cc2c(N3CCC(=O)NC3=O)nn(C)c2c1F. The van der Waals surface area contributed by atoms with Gasteiger partial charge in [0.15, 0.2) is 28.8 Å². The van der Waals surface area contributed by atoms with E-state index in [-0.39, 0.29) is 113 Å². The lowest BCUT2D eigenvalue weighted by atomic mass is 9.76. The van der Waals surface area contributed by atoms with Crippen molar-refractivity contribution in [3.8, 4) is 22.6 Å². The van der Waals surface area contributed by atoms with Crippen LogP contribution >= 0.6 is 11.6 Å². The number of primary amides is 1. The maximum absolute atomic E-state index is 16.5. The normalized spacial score (nSPS) is 25.2. The van der Waals surface area contributed by atoms with Crippen molar-refractivity contribution >= 4 is 52.1 Å². The fraction of sp³-hybridized carbons (Fsp3) is 0.482. The van der Waals surface area contributed by atoms with Crippen molar-refractivity contribution in [1.82, 2.24) is 30.2 Å². The zero-order valence-corrected chi connectivity index (χ0v) is 43.9. The molecule has 410 valence electrons. The monoisotopic (exact) mass is 1090 g/mol. The van der Waals surface area contributed by atoms with Crippen molar-refractivity contribution in [1.29, 1.82) is 0 Å². The Kier molecular flexibility index (Phi) is 15.1. The molecule has 10 rings (SSSR count). The van der Waals surface area contributed by atoms with E-state index in [1.807, 2.05) is 44.2 Å². The average molecular weight is 1090 g/mol. The Morgan fingerprint density at radius 1 is 0.935 bits per heavy atom. The Balaban J connectivity index is 0.758. The number of imide groups is 1. The quantitative estimate of drug-likeness (QED) is 0.0694. The van der Waals surface area contributed by atoms with E-state index in [2.05, 4.69) is 20.6 Å². The number of rotatable bonds is 14. The molecule has 21 heteroatoms. The molecular weight excluding hydrogens is 1020 g/mol. The molecule has 4 aromatic carbocycles.